The van der Waals surface area contributed by atoms with Gasteiger partial charge in [0, 0.05) is 35.3 Å². The van der Waals surface area contributed by atoms with Crippen molar-refractivity contribution in [3.63, 3.8) is 0 Å². The van der Waals surface area contributed by atoms with E-state index in [0.717, 1.165) is 30.1 Å². The molecule has 0 saturated heterocycles. The van der Waals surface area contributed by atoms with Crippen LogP contribution in [0.4, 0.5) is 0 Å². The van der Waals surface area contributed by atoms with Crippen LogP contribution in [-0.2, 0) is 41.3 Å². The zero-order valence-electron chi connectivity index (χ0n) is 38.2. The van der Waals surface area contributed by atoms with Gasteiger partial charge >= 0.3 is 5.97 Å². The minimum Gasteiger partial charge on any atom is -0.497 e. The Kier molecular flexibility index (Phi) is 20.1. The number of ketones is 2. The number of aryl methyl sites for hydroxylation is 1. The summed E-state index contributed by atoms with van der Waals surface area (Å²) in [7, 11) is -0.454. The Morgan fingerprint density at radius 2 is 1.28 bits per heavy atom. The van der Waals surface area contributed by atoms with Crippen molar-refractivity contribution in [2.45, 2.75) is 172 Å². The largest absolute Gasteiger partial charge is 0.497 e. The van der Waals surface area contributed by atoms with Crippen molar-refractivity contribution in [3.05, 3.63) is 62.7 Å². The SMILES string of the molecule is CCc1oc([C@@H](C)[C@@H](OCc2ccc(OC)cc2)[C@H](C)[C@@H](OC(=O)[C@@H](C)CC)[C@@H](C)C(=O)[C@H](C)C(=O)[C@H](C)[C@@H](O[Si](CC)(CC)CC)[C@@H](C)CC)c(C)c(=O)c1C. The van der Waals surface area contributed by atoms with E-state index in [1.54, 1.807) is 34.8 Å². The number of Topliss-reactive ketones (excluding diaryl/α,β-unsaturated/α-hetero) is 2. The van der Waals surface area contributed by atoms with Crippen molar-refractivity contribution in [1.82, 2.24) is 0 Å². The van der Waals surface area contributed by atoms with Gasteiger partial charge in [0.05, 0.1) is 43.7 Å². The summed E-state index contributed by atoms with van der Waals surface area (Å²) in [6.45, 7) is 29.4. The highest BCUT2D eigenvalue weighted by molar-refractivity contribution is 6.73. The van der Waals surface area contributed by atoms with E-state index < -0.39 is 62.0 Å². The van der Waals surface area contributed by atoms with Gasteiger partial charge in [-0.2, -0.15) is 0 Å². The topological polar surface area (TPSA) is 118 Å². The lowest BCUT2D eigenvalue weighted by Gasteiger charge is -2.39. The molecule has 0 amide bonds. The van der Waals surface area contributed by atoms with Crippen molar-refractivity contribution in [2.75, 3.05) is 7.11 Å². The van der Waals surface area contributed by atoms with Crippen molar-refractivity contribution < 1.29 is 37.4 Å². The van der Waals surface area contributed by atoms with Gasteiger partial charge in [-0.3, -0.25) is 19.2 Å². The fourth-order valence-electron chi connectivity index (χ4n) is 8.15. The third kappa shape index (κ3) is 12.2. The molecule has 0 bridgehead atoms. The number of hydrogen-bond acceptors (Lipinski definition) is 9. The molecule has 0 unspecified atom stereocenters. The number of esters is 1. The first kappa shape index (κ1) is 50.1. The van der Waals surface area contributed by atoms with Gasteiger partial charge in [0.25, 0.3) is 0 Å². The predicted octanol–water partition coefficient (Wildman–Crippen LogP) is 10.6. The molecule has 0 aliphatic heterocycles. The molecule has 1 heterocycles. The van der Waals surface area contributed by atoms with Gasteiger partial charge in [0.2, 0.25) is 0 Å². The smallest absolute Gasteiger partial charge is 0.308 e. The van der Waals surface area contributed by atoms with Gasteiger partial charge in [-0.1, -0.05) is 102 Å². The summed E-state index contributed by atoms with van der Waals surface area (Å²) in [5.41, 5.74) is 1.88. The van der Waals surface area contributed by atoms with Crippen LogP contribution < -0.4 is 10.2 Å². The van der Waals surface area contributed by atoms with Crippen LogP contribution in [0.3, 0.4) is 0 Å². The lowest BCUT2D eigenvalue weighted by Crippen LogP contribution is -2.49. The first-order valence-electron chi connectivity index (χ1n) is 21.7. The Morgan fingerprint density at radius 1 is 0.737 bits per heavy atom. The zero-order valence-corrected chi connectivity index (χ0v) is 39.2. The molecule has 0 fully saturated rings. The Balaban J connectivity index is 2.67. The molecule has 10 atom stereocenters. The summed E-state index contributed by atoms with van der Waals surface area (Å²) < 4.78 is 31.9. The van der Waals surface area contributed by atoms with Gasteiger partial charge in [0.15, 0.2) is 13.7 Å². The fourth-order valence-corrected chi connectivity index (χ4v) is 11.2. The van der Waals surface area contributed by atoms with Crippen LogP contribution in [0.15, 0.2) is 33.5 Å². The Bertz CT molecular complexity index is 1640. The van der Waals surface area contributed by atoms with Crippen LogP contribution in [0.1, 0.15) is 137 Å². The van der Waals surface area contributed by atoms with E-state index in [1.165, 1.54) is 0 Å². The van der Waals surface area contributed by atoms with E-state index in [1.807, 2.05) is 65.8 Å². The molecule has 57 heavy (non-hydrogen) atoms. The van der Waals surface area contributed by atoms with Crippen molar-refractivity contribution >= 4 is 25.9 Å². The van der Waals surface area contributed by atoms with Crippen LogP contribution in [0, 0.1) is 49.4 Å². The summed E-state index contributed by atoms with van der Waals surface area (Å²) in [6.07, 6.45) is 0.0394. The molecule has 0 aliphatic carbocycles. The average Bonchev–Trinajstić information content (AvgIpc) is 3.23. The van der Waals surface area contributed by atoms with Gasteiger partial charge in [-0.05, 0) is 68.9 Å². The van der Waals surface area contributed by atoms with Crippen molar-refractivity contribution in [2.24, 2.45) is 35.5 Å². The normalized spacial score (nSPS) is 17.3. The highest BCUT2D eigenvalue weighted by Gasteiger charge is 2.45. The monoisotopic (exact) mass is 813 g/mol. The standard InChI is InChI=1S/C47H76O9Si/c1-17-28(7)43(56-57(20-4,21-5)22-6)32(11)41(49)31(10)42(50)34(13)46(55-47(51)29(8)18-2)36(15)44(53-27-37-23-25-38(52-16)26-24-37)35(14)45-33(12)40(48)30(9)39(19-3)54-45/h23-26,28-29,31-32,34-36,43-44,46H,17-22,27H2,1-16H3/t28-,29-,31+,32-,34-,35-,36-,43-,44+,46-/m0/s1. The number of ether oxygens (including phenoxy) is 3. The number of methoxy groups -OCH3 is 1. The van der Waals surface area contributed by atoms with Gasteiger partial charge in [0.1, 0.15) is 34.9 Å². The highest BCUT2D eigenvalue weighted by Crippen LogP contribution is 2.37. The number of rotatable bonds is 25. The van der Waals surface area contributed by atoms with E-state index in [-0.39, 0.29) is 35.6 Å². The average molecular weight is 813 g/mol. The number of benzene rings is 1. The van der Waals surface area contributed by atoms with Crippen LogP contribution in [0.25, 0.3) is 0 Å². The van der Waals surface area contributed by atoms with Crippen LogP contribution in [0.5, 0.6) is 5.75 Å². The van der Waals surface area contributed by atoms with Gasteiger partial charge in [-0.15, -0.1) is 0 Å². The molecule has 1 aromatic heterocycles. The van der Waals surface area contributed by atoms with E-state index in [4.69, 9.17) is 23.1 Å². The highest BCUT2D eigenvalue weighted by atomic mass is 28.4. The summed E-state index contributed by atoms with van der Waals surface area (Å²) in [5.74, 6) is -2.67. The second kappa shape index (κ2) is 22.9. The molecule has 2 aromatic rings. The van der Waals surface area contributed by atoms with Gasteiger partial charge < -0.3 is 23.1 Å². The molecule has 0 spiro atoms. The molecule has 10 heteroatoms. The van der Waals surface area contributed by atoms with E-state index in [2.05, 4.69) is 34.6 Å². The molecule has 0 aliphatic rings. The quantitative estimate of drug-likeness (QED) is 0.0548. The summed E-state index contributed by atoms with van der Waals surface area (Å²) in [5, 5.41) is 0. The summed E-state index contributed by atoms with van der Waals surface area (Å²) in [4.78, 5) is 56.1. The maximum atomic E-state index is 14.6. The molecular formula is C47H76O9Si. The molecule has 322 valence electrons. The molecular weight excluding hydrogens is 737 g/mol. The van der Waals surface area contributed by atoms with E-state index in [9.17, 15) is 19.2 Å². The van der Waals surface area contributed by atoms with Crippen molar-refractivity contribution in [3.8, 4) is 5.75 Å². The van der Waals surface area contributed by atoms with Gasteiger partial charge in [-0.25, -0.2) is 0 Å². The van der Waals surface area contributed by atoms with Crippen LogP contribution >= 0.6 is 0 Å². The summed E-state index contributed by atoms with van der Waals surface area (Å²) >= 11 is 0. The molecule has 0 saturated carbocycles. The maximum absolute atomic E-state index is 14.6. The second-order valence-corrected chi connectivity index (χ2v) is 21.3. The molecule has 1 aromatic carbocycles. The number of hydrogen-bond donors (Lipinski definition) is 0. The first-order chi connectivity index (χ1) is 26.8. The first-order valence-corrected chi connectivity index (χ1v) is 24.2. The zero-order chi connectivity index (χ0) is 43.4. The van der Waals surface area contributed by atoms with Crippen molar-refractivity contribution in [1.29, 1.82) is 0 Å². The lowest BCUT2D eigenvalue weighted by molar-refractivity contribution is -0.167. The predicted molar refractivity (Wildman–Crippen MR) is 231 cm³/mol. The fraction of sp³-hybridized carbons (Fsp3) is 0.702. The number of carbonyl (C=O) groups excluding carboxylic acids is 3. The summed E-state index contributed by atoms with van der Waals surface area (Å²) in [6, 6.07) is 10.5. The second-order valence-electron chi connectivity index (χ2n) is 16.6. The molecule has 0 radical (unpaired) electrons. The molecule has 9 nitrogen and oxygen atoms in total. The molecule has 0 N–H and O–H groups in total. The van der Waals surface area contributed by atoms with Crippen LogP contribution in [0.2, 0.25) is 18.1 Å². The number of carbonyl (C=O) groups is 3. The Hall–Kier alpha value is -3.08. The van der Waals surface area contributed by atoms with E-state index in [0.29, 0.717) is 41.2 Å². The van der Waals surface area contributed by atoms with E-state index >= 15 is 0 Å². The third-order valence-electron chi connectivity index (χ3n) is 13.1. The Labute approximate surface area is 345 Å². The Morgan fingerprint density at radius 3 is 1.75 bits per heavy atom. The molecule has 2 rings (SSSR count). The minimum absolute atomic E-state index is 0.0809. The van der Waals surface area contributed by atoms with Crippen LogP contribution in [-0.4, -0.2) is 51.3 Å². The minimum atomic E-state index is -2.07. The maximum Gasteiger partial charge on any atom is 0.308 e. The third-order valence-corrected chi connectivity index (χ3v) is 17.7. The lowest BCUT2D eigenvalue weighted by atomic mass is 9.76.